The van der Waals surface area contributed by atoms with Gasteiger partial charge in [-0.2, -0.15) is 0 Å². The number of carbonyl (C=O) groups excluding carboxylic acids is 2. The van der Waals surface area contributed by atoms with Crippen LogP contribution in [-0.4, -0.2) is 33.4 Å². The van der Waals surface area contributed by atoms with Gasteiger partial charge in [0.05, 0.1) is 16.5 Å². The van der Waals surface area contributed by atoms with Crippen molar-refractivity contribution in [3.63, 3.8) is 0 Å². The maximum atomic E-state index is 12.6. The molecule has 2 atom stereocenters. The molecular formula is C21H24N2O5S. The van der Waals surface area contributed by atoms with Gasteiger partial charge in [-0.3, -0.25) is 4.79 Å². The summed E-state index contributed by atoms with van der Waals surface area (Å²) in [4.78, 5) is 24.9. The van der Waals surface area contributed by atoms with Gasteiger partial charge in [0.2, 0.25) is 10.0 Å². The van der Waals surface area contributed by atoms with Crippen molar-refractivity contribution in [2.45, 2.75) is 43.2 Å². The van der Waals surface area contributed by atoms with Crippen LogP contribution in [0, 0.1) is 0 Å². The van der Waals surface area contributed by atoms with E-state index in [-0.39, 0.29) is 22.4 Å². The number of esters is 1. The molecule has 2 aromatic carbocycles. The van der Waals surface area contributed by atoms with Gasteiger partial charge in [0, 0.05) is 0 Å². The largest absolute Gasteiger partial charge is 0.449 e. The minimum atomic E-state index is -3.68. The average molecular weight is 416 g/mol. The number of hydrogen-bond donors (Lipinski definition) is 2. The molecule has 2 N–H and O–H groups in total. The van der Waals surface area contributed by atoms with Gasteiger partial charge in [-0.1, -0.05) is 30.3 Å². The molecule has 1 aliphatic rings. The van der Waals surface area contributed by atoms with Crippen LogP contribution in [0.3, 0.4) is 0 Å². The van der Waals surface area contributed by atoms with Gasteiger partial charge in [-0.05, 0) is 62.6 Å². The van der Waals surface area contributed by atoms with Crippen LogP contribution in [0.15, 0.2) is 53.4 Å². The van der Waals surface area contributed by atoms with E-state index in [1.54, 1.807) is 0 Å². The topological polar surface area (TPSA) is 102 Å². The number of amides is 1. The first-order valence-corrected chi connectivity index (χ1v) is 10.9. The fraction of sp³-hybridized carbons (Fsp3) is 0.333. The highest BCUT2D eigenvalue weighted by atomic mass is 32.2. The Bertz CT molecular complexity index is 1020. The van der Waals surface area contributed by atoms with E-state index >= 15 is 0 Å². The number of carbonyl (C=O) groups is 2. The van der Waals surface area contributed by atoms with E-state index in [0.717, 1.165) is 24.8 Å². The minimum absolute atomic E-state index is 0.0506. The molecule has 0 radical (unpaired) electrons. The number of hydrogen-bond acceptors (Lipinski definition) is 5. The molecule has 0 saturated heterocycles. The number of benzene rings is 2. The van der Waals surface area contributed by atoms with Crippen LogP contribution in [0.5, 0.6) is 0 Å². The first-order chi connectivity index (χ1) is 13.8. The monoisotopic (exact) mass is 416 g/mol. The first kappa shape index (κ1) is 21.0. The lowest BCUT2D eigenvalue weighted by atomic mass is 9.87. The lowest BCUT2D eigenvalue weighted by Crippen LogP contribution is -2.39. The average Bonchev–Trinajstić information content (AvgIpc) is 2.74. The lowest BCUT2D eigenvalue weighted by molar-refractivity contribution is -0.130. The van der Waals surface area contributed by atoms with Gasteiger partial charge in [-0.15, -0.1) is 0 Å². The zero-order valence-corrected chi connectivity index (χ0v) is 17.2. The Morgan fingerprint density at radius 1 is 1.14 bits per heavy atom. The quantitative estimate of drug-likeness (QED) is 0.704. The first-order valence-electron chi connectivity index (χ1n) is 9.44. The Morgan fingerprint density at radius 2 is 1.90 bits per heavy atom. The summed E-state index contributed by atoms with van der Waals surface area (Å²) in [6.45, 7) is 1.50. The van der Waals surface area contributed by atoms with E-state index < -0.39 is 22.1 Å². The molecule has 0 aliphatic heterocycles. The highest BCUT2D eigenvalue weighted by molar-refractivity contribution is 7.89. The standard InChI is InChI=1S/C21H24N2O5S/c1-14(20(24)23-19-12-6-8-15-7-3-4-11-18(15)19)28-21(25)16-9-5-10-17(13-16)29(26,27)22-2/h3-5,7,9-11,13-14,19,22H,6,8,12H2,1-2H3,(H,23,24)/t14-,19-/m1/s1. The van der Waals surface area contributed by atoms with Crippen LogP contribution in [0.1, 0.15) is 47.3 Å². The normalized spacial score (nSPS) is 17.1. The van der Waals surface area contributed by atoms with Gasteiger partial charge in [-0.25, -0.2) is 17.9 Å². The molecule has 29 heavy (non-hydrogen) atoms. The van der Waals surface area contributed by atoms with Crippen LogP contribution in [0.4, 0.5) is 0 Å². The molecule has 0 spiro atoms. The van der Waals surface area contributed by atoms with Crippen molar-refractivity contribution in [1.82, 2.24) is 10.0 Å². The molecular weight excluding hydrogens is 392 g/mol. The maximum absolute atomic E-state index is 12.6. The van der Waals surface area contributed by atoms with Crippen molar-refractivity contribution in [2.75, 3.05) is 7.05 Å². The number of fused-ring (bicyclic) bond motifs is 1. The highest BCUT2D eigenvalue weighted by Gasteiger charge is 2.26. The molecule has 0 saturated carbocycles. The molecule has 2 aromatic rings. The Kier molecular flexibility index (Phi) is 6.34. The second-order valence-corrected chi connectivity index (χ2v) is 8.82. The third-order valence-corrected chi connectivity index (χ3v) is 6.40. The molecule has 7 nitrogen and oxygen atoms in total. The molecule has 0 fully saturated rings. The summed E-state index contributed by atoms with van der Waals surface area (Å²) in [5.74, 6) is -1.15. The summed E-state index contributed by atoms with van der Waals surface area (Å²) in [5.41, 5.74) is 2.37. The van der Waals surface area contributed by atoms with Crippen molar-refractivity contribution < 1.29 is 22.7 Å². The molecule has 8 heteroatoms. The van der Waals surface area contributed by atoms with Gasteiger partial charge in [0.1, 0.15) is 0 Å². The summed E-state index contributed by atoms with van der Waals surface area (Å²) in [6.07, 6.45) is 1.77. The second kappa shape index (κ2) is 8.75. The summed E-state index contributed by atoms with van der Waals surface area (Å²) >= 11 is 0. The van der Waals surface area contributed by atoms with E-state index in [4.69, 9.17) is 4.74 Å². The Balaban J connectivity index is 1.66. The van der Waals surface area contributed by atoms with Crippen molar-refractivity contribution in [3.05, 3.63) is 65.2 Å². The zero-order chi connectivity index (χ0) is 21.0. The fourth-order valence-corrected chi connectivity index (χ4v) is 4.16. The van der Waals surface area contributed by atoms with E-state index in [1.807, 2.05) is 18.2 Å². The number of rotatable bonds is 6. The molecule has 0 aromatic heterocycles. The predicted molar refractivity (Wildman–Crippen MR) is 108 cm³/mol. The molecule has 3 rings (SSSR count). The van der Waals surface area contributed by atoms with Crippen LogP contribution >= 0.6 is 0 Å². The Labute approximate surface area is 170 Å². The third-order valence-electron chi connectivity index (χ3n) is 4.99. The van der Waals surface area contributed by atoms with Crippen molar-refractivity contribution in [1.29, 1.82) is 0 Å². The Morgan fingerprint density at radius 3 is 2.66 bits per heavy atom. The lowest BCUT2D eigenvalue weighted by Gasteiger charge is -2.27. The summed E-state index contributed by atoms with van der Waals surface area (Å²) in [7, 11) is -2.40. The van der Waals surface area contributed by atoms with Gasteiger partial charge in [0.15, 0.2) is 6.10 Å². The van der Waals surface area contributed by atoms with Crippen molar-refractivity contribution >= 4 is 21.9 Å². The third kappa shape index (κ3) is 4.83. The van der Waals surface area contributed by atoms with E-state index in [9.17, 15) is 18.0 Å². The molecule has 0 unspecified atom stereocenters. The van der Waals surface area contributed by atoms with Gasteiger partial charge < -0.3 is 10.1 Å². The summed E-state index contributed by atoms with van der Waals surface area (Å²) in [6, 6.07) is 13.4. The highest BCUT2D eigenvalue weighted by Crippen LogP contribution is 2.29. The molecule has 0 bridgehead atoms. The second-order valence-electron chi connectivity index (χ2n) is 6.94. The van der Waals surface area contributed by atoms with E-state index in [1.165, 1.54) is 43.8 Å². The minimum Gasteiger partial charge on any atom is -0.449 e. The van der Waals surface area contributed by atoms with Crippen LogP contribution < -0.4 is 10.0 Å². The zero-order valence-electron chi connectivity index (χ0n) is 16.3. The number of nitrogens with one attached hydrogen (secondary N) is 2. The fourth-order valence-electron chi connectivity index (χ4n) is 3.38. The van der Waals surface area contributed by atoms with E-state index in [2.05, 4.69) is 16.1 Å². The summed E-state index contributed by atoms with van der Waals surface area (Å²) < 4.78 is 31.3. The SMILES string of the molecule is CNS(=O)(=O)c1cccc(C(=O)O[C@H](C)C(=O)N[C@@H]2CCCc3ccccc32)c1. The molecule has 1 amide bonds. The van der Waals surface area contributed by atoms with Crippen LogP contribution in [-0.2, 0) is 26.0 Å². The number of sulfonamides is 1. The summed E-state index contributed by atoms with van der Waals surface area (Å²) in [5, 5.41) is 2.95. The maximum Gasteiger partial charge on any atom is 0.338 e. The predicted octanol–water partition coefficient (Wildman–Crippen LogP) is 2.33. The number of ether oxygens (including phenoxy) is 1. The number of aryl methyl sites for hydroxylation is 1. The molecule has 1 aliphatic carbocycles. The smallest absolute Gasteiger partial charge is 0.338 e. The van der Waals surface area contributed by atoms with Gasteiger partial charge >= 0.3 is 5.97 Å². The Hall–Kier alpha value is -2.71. The molecule has 0 heterocycles. The molecule has 154 valence electrons. The van der Waals surface area contributed by atoms with E-state index in [0.29, 0.717) is 0 Å². The van der Waals surface area contributed by atoms with Crippen molar-refractivity contribution in [2.24, 2.45) is 0 Å². The van der Waals surface area contributed by atoms with Gasteiger partial charge in [0.25, 0.3) is 5.91 Å². The van der Waals surface area contributed by atoms with Crippen LogP contribution in [0.2, 0.25) is 0 Å². The van der Waals surface area contributed by atoms with Crippen LogP contribution in [0.25, 0.3) is 0 Å². The van der Waals surface area contributed by atoms with Crippen molar-refractivity contribution in [3.8, 4) is 0 Å².